The minimum Gasteiger partial charge on any atom is -0.375 e. The Morgan fingerprint density at radius 1 is 1.69 bits per heavy atom. The number of aliphatic imine (C=N–C) groups is 1. The average molecular weight is 199 g/mol. The molecule has 0 bridgehead atoms. The van der Waals surface area contributed by atoms with Crippen molar-refractivity contribution in [1.82, 2.24) is 0 Å². The molecule has 74 valence electrons. The van der Waals surface area contributed by atoms with Crippen molar-refractivity contribution in [2.75, 3.05) is 13.4 Å². The number of nitrogens with zero attached hydrogens (tertiary/aromatic N) is 1. The summed E-state index contributed by atoms with van der Waals surface area (Å²) in [5.74, 6) is 0. The van der Waals surface area contributed by atoms with Crippen LogP contribution < -0.4 is 0 Å². The Balaban J connectivity index is 2.78. The van der Waals surface area contributed by atoms with Crippen molar-refractivity contribution in [2.24, 2.45) is 4.99 Å². The molecule has 0 aromatic heterocycles. The third-order valence-electron chi connectivity index (χ3n) is 2.19. The predicted molar refractivity (Wildman–Crippen MR) is 59.4 cm³/mol. The molecule has 0 aromatic rings. The molecule has 0 N–H and O–H groups in total. The normalized spacial score (nSPS) is 23.5. The van der Waals surface area contributed by atoms with Crippen LogP contribution in [0.3, 0.4) is 0 Å². The molecule has 0 saturated carbocycles. The number of ether oxygens (including phenoxy) is 1. The molecule has 0 aliphatic carbocycles. The lowest BCUT2D eigenvalue weighted by atomic mass is 10.2. The fraction of sp³-hybridized carbons (Fsp3) is 0.700. The van der Waals surface area contributed by atoms with Gasteiger partial charge in [-0.15, -0.1) is 11.8 Å². The zero-order chi connectivity index (χ0) is 9.68. The largest absolute Gasteiger partial charge is 0.375 e. The molecule has 1 rings (SSSR count). The summed E-state index contributed by atoms with van der Waals surface area (Å²) in [6, 6.07) is 0. The fourth-order valence-electron chi connectivity index (χ4n) is 1.40. The van der Waals surface area contributed by atoms with Crippen LogP contribution in [0.5, 0.6) is 0 Å². The summed E-state index contributed by atoms with van der Waals surface area (Å²) in [6.07, 6.45) is 7.63. The molecule has 0 radical (unpaired) electrons. The van der Waals surface area contributed by atoms with Crippen molar-refractivity contribution in [2.45, 2.75) is 32.3 Å². The predicted octanol–water partition coefficient (Wildman–Crippen LogP) is 2.85. The third-order valence-corrected chi connectivity index (χ3v) is 2.97. The van der Waals surface area contributed by atoms with Crippen LogP contribution in [0.1, 0.15) is 26.2 Å². The first-order valence-corrected chi connectivity index (χ1v) is 5.88. The Labute approximate surface area is 84.5 Å². The van der Waals surface area contributed by atoms with Gasteiger partial charge >= 0.3 is 0 Å². The summed E-state index contributed by atoms with van der Waals surface area (Å²) in [6.45, 7) is 2.14. The van der Waals surface area contributed by atoms with Crippen LogP contribution in [0, 0.1) is 0 Å². The van der Waals surface area contributed by atoms with E-state index in [-0.39, 0.29) is 6.10 Å². The Kier molecular flexibility index (Phi) is 4.53. The smallest absolute Gasteiger partial charge is 0.105 e. The Morgan fingerprint density at radius 3 is 3.00 bits per heavy atom. The monoisotopic (exact) mass is 199 g/mol. The molecule has 3 heteroatoms. The topological polar surface area (TPSA) is 21.6 Å². The van der Waals surface area contributed by atoms with Crippen molar-refractivity contribution < 1.29 is 4.74 Å². The van der Waals surface area contributed by atoms with E-state index in [0.29, 0.717) is 0 Å². The van der Waals surface area contributed by atoms with E-state index in [0.717, 1.165) is 24.3 Å². The van der Waals surface area contributed by atoms with Crippen LogP contribution >= 0.6 is 11.8 Å². The molecular weight excluding hydrogens is 182 g/mol. The second kappa shape index (κ2) is 5.45. The summed E-state index contributed by atoms with van der Waals surface area (Å²) in [5.41, 5.74) is 1.20. The average Bonchev–Trinajstić information content (AvgIpc) is 2.38. The third kappa shape index (κ3) is 2.85. The summed E-state index contributed by atoms with van der Waals surface area (Å²) in [7, 11) is 1.76. The molecule has 1 aliphatic heterocycles. The molecule has 1 heterocycles. The minimum absolute atomic E-state index is 0.204. The first-order chi connectivity index (χ1) is 6.31. The molecule has 0 fully saturated rings. The molecule has 2 nitrogen and oxygen atoms in total. The lowest BCUT2D eigenvalue weighted by Crippen LogP contribution is -2.19. The molecule has 0 amide bonds. The van der Waals surface area contributed by atoms with Gasteiger partial charge in [0.2, 0.25) is 0 Å². The van der Waals surface area contributed by atoms with Gasteiger partial charge in [0.05, 0.1) is 0 Å². The lowest BCUT2D eigenvalue weighted by Gasteiger charge is -2.13. The molecule has 1 atom stereocenters. The van der Waals surface area contributed by atoms with E-state index in [2.05, 4.69) is 24.2 Å². The highest BCUT2D eigenvalue weighted by Gasteiger charge is 2.16. The van der Waals surface area contributed by atoms with Gasteiger partial charge in [-0.2, -0.15) is 0 Å². The van der Waals surface area contributed by atoms with Crippen molar-refractivity contribution in [3.8, 4) is 0 Å². The quantitative estimate of drug-likeness (QED) is 0.682. The number of hydrogen-bond donors (Lipinski definition) is 0. The molecule has 0 aromatic carbocycles. The van der Waals surface area contributed by atoms with E-state index in [4.69, 9.17) is 4.74 Å². The standard InChI is InChI=1S/C10H17NOS/c1-4-8-6-5-7-9(12-2)10(11-8)13-3/h6,9H,4-5,7H2,1-3H3. The maximum Gasteiger partial charge on any atom is 0.105 e. The van der Waals surface area contributed by atoms with Gasteiger partial charge in [0.1, 0.15) is 11.1 Å². The van der Waals surface area contributed by atoms with Crippen LogP contribution in [0.25, 0.3) is 0 Å². The zero-order valence-corrected chi connectivity index (χ0v) is 9.36. The maximum absolute atomic E-state index is 5.38. The van der Waals surface area contributed by atoms with Crippen LogP contribution in [0.2, 0.25) is 0 Å². The summed E-state index contributed by atoms with van der Waals surface area (Å²) >= 11 is 1.70. The summed E-state index contributed by atoms with van der Waals surface area (Å²) < 4.78 is 5.38. The Hall–Kier alpha value is -0.280. The van der Waals surface area contributed by atoms with E-state index in [1.165, 1.54) is 5.70 Å². The first-order valence-electron chi connectivity index (χ1n) is 4.66. The van der Waals surface area contributed by atoms with Gasteiger partial charge in [0.25, 0.3) is 0 Å². The SMILES string of the molecule is CCC1=CCCC(OC)C(SC)=N1. The van der Waals surface area contributed by atoms with Gasteiger partial charge < -0.3 is 4.74 Å². The van der Waals surface area contributed by atoms with E-state index in [1.807, 2.05) is 0 Å². The molecule has 0 saturated heterocycles. The highest BCUT2D eigenvalue weighted by atomic mass is 32.2. The van der Waals surface area contributed by atoms with Gasteiger partial charge in [0, 0.05) is 12.8 Å². The summed E-state index contributed by atoms with van der Waals surface area (Å²) in [5, 5.41) is 1.12. The highest BCUT2D eigenvalue weighted by Crippen LogP contribution is 2.20. The van der Waals surface area contributed by atoms with Crippen molar-refractivity contribution >= 4 is 16.8 Å². The maximum atomic E-state index is 5.38. The van der Waals surface area contributed by atoms with Gasteiger partial charge in [-0.25, -0.2) is 4.99 Å². The van der Waals surface area contributed by atoms with Crippen LogP contribution in [-0.2, 0) is 4.74 Å². The van der Waals surface area contributed by atoms with Crippen molar-refractivity contribution in [1.29, 1.82) is 0 Å². The van der Waals surface area contributed by atoms with Gasteiger partial charge in [-0.3, -0.25) is 0 Å². The number of rotatable bonds is 2. The Bertz CT molecular complexity index is 223. The fourth-order valence-corrected chi connectivity index (χ4v) is 2.09. The highest BCUT2D eigenvalue weighted by molar-refractivity contribution is 8.13. The second-order valence-corrected chi connectivity index (χ2v) is 3.83. The van der Waals surface area contributed by atoms with E-state index in [1.54, 1.807) is 18.9 Å². The van der Waals surface area contributed by atoms with E-state index < -0.39 is 0 Å². The number of hydrogen-bond acceptors (Lipinski definition) is 3. The number of thioether (sulfide) groups is 1. The van der Waals surface area contributed by atoms with Gasteiger partial charge in [-0.1, -0.05) is 13.0 Å². The first kappa shape index (κ1) is 10.8. The second-order valence-electron chi connectivity index (χ2n) is 3.00. The molecule has 1 aliphatic rings. The van der Waals surface area contributed by atoms with E-state index >= 15 is 0 Å². The van der Waals surface area contributed by atoms with Crippen LogP contribution in [-0.4, -0.2) is 24.5 Å². The number of allylic oxidation sites excluding steroid dienone is 2. The zero-order valence-electron chi connectivity index (χ0n) is 8.54. The molecule has 0 spiro atoms. The lowest BCUT2D eigenvalue weighted by molar-refractivity contribution is 0.152. The minimum atomic E-state index is 0.204. The molecule has 13 heavy (non-hydrogen) atoms. The number of methoxy groups -OCH3 is 1. The van der Waals surface area contributed by atoms with Crippen molar-refractivity contribution in [3.63, 3.8) is 0 Å². The van der Waals surface area contributed by atoms with Gasteiger partial charge in [0.15, 0.2) is 0 Å². The molecule has 1 unspecified atom stereocenters. The van der Waals surface area contributed by atoms with Gasteiger partial charge in [-0.05, 0) is 25.5 Å². The van der Waals surface area contributed by atoms with Crippen molar-refractivity contribution in [3.05, 3.63) is 11.8 Å². The van der Waals surface area contributed by atoms with Crippen LogP contribution in [0.4, 0.5) is 0 Å². The van der Waals surface area contributed by atoms with Crippen LogP contribution in [0.15, 0.2) is 16.8 Å². The molecular formula is C10H17NOS. The van der Waals surface area contributed by atoms with E-state index in [9.17, 15) is 0 Å². The Morgan fingerprint density at radius 2 is 2.46 bits per heavy atom. The summed E-state index contributed by atoms with van der Waals surface area (Å²) in [4.78, 5) is 4.58.